The first-order valence-corrected chi connectivity index (χ1v) is 7.20. The van der Waals surface area contributed by atoms with Gasteiger partial charge in [-0.05, 0) is 42.5 Å². The summed E-state index contributed by atoms with van der Waals surface area (Å²) in [5, 5.41) is 12.5. The maximum absolute atomic E-state index is 12.0. The van der Waals surface area contributed by atoms with Crippen LogP contribution in [0.2, 0.25) is 0 Å². The molecule has 0 fully saturated rings. The molecule has 1 amide bonds. The molecule has 0 aromatic heterocycles. The molecule has 2 N–H and O–H groups in total. The van der Waals surface area contributed by atoms with E-state index in [1.54, 1.807) is 19.1 Å². The zero-order valence-electron chi connectivity index (χ0n) is 12.5. The van der Waals surface area contributed by atoms with Crippen LogP contribution in [0.25, 0.3) is 0 Å². The number of benzene rings is 2. The molecule has 21 heavy (non-hydrogen) atoms. The third-order valence-electron chi connectivity index (χ3n) is 3.70. The number of carbonyl (C=O) groups is 1. The minimum atomic E-state index is -0.148. The Labute approximate surface area is 125 Å². The number of hydrogen-bond acceptors (Lipinski definition) is 2. The molecule has 0 radical (unpaired) electrons. The summed E-state index contributed by atoms with van der Waals surface area (Å²) in [6.45, 7) is 4.57. The molecule has 0 aliphatic carbocycles. The summed E-state index contributed by atoms with van der Waals surface area (Å²) in [6, 6.07) is 15.2. The van der Waals surface area contributed by atoms with Gasteiger partial charge in [0.2, 0.25) is 0 Å². The highest BCUT2D eigenvalue weighted by atomic mass is 16.3. The number of nitrogens with one attached hydrogen (secondary N) is 1. The summed E-state index contributed by atoms with van der Waals surface area (Å²) in [5.41, 5.74) is 2.54. The molecule has 2 rings (SSSR count). The van der Waals surface area contributed by atoms with Crippen molar-refractivity contribution in [1.29, 1.82) is 0 Å². The number of aryl methyl sites for hydroxylation is 1. The quantitative estimate of drug-likeness (QED) is 0.880. The van der Waals surface area contributed by atoms with Crippen molar-refractivity contribution < 1.29 is 9.90 Å². The molecule has 2 aromatic carbocycles. The first-order chi connectivity index (χ1) is 10.1. The van der Waals surface area contributed by atoms with Gasteiger partial charge in [0.25, 0.3) is 5.91 Å². The van der Waals surface area contributed by atoms with Crippen LogP contribution < -0.4 is 5.32 Å². The van der Waals surface area contributed by atoms with E-state index in [1.807, 2.05) is 18.2 Å². The molecule has 0 saturated carbocycles. The summed E-state index contributed by atoms with van der Waals surface area (Å²) < 4.78 is 0. The Kier molecular flexibility index (Phi) is 4.99. The molecule has 0 bridgehead atoms. The van der Waals surface area contributed by atoms with Gasteiger partial charge in [-0.1, -0.05) is 43.3 Å². The number of carbonyl (C=O) groups excluding carboxylic acids is 1. The van der Waals surface area contributed by atoms with Crippen molar-refractivity contribution in [3.63, 3.8) is 0 Å². The molecule has 3 nitrogen and oxygen atoms in total. The highest BCUT2D eigenvalue weighted by molar-refractivity contribution is 5.94. The Balaban J connectivity index is 1.85. The van der Waals surface area contributed by atoms with Crippen molar-refractivity contribution in [2.75, 3.05) is 6.54 Å². The SMILES string of the molecule is Cc1ccc(C(=O)NCCC(C)c2ccccc2)cc1O. The van der Waals surface area contributed by atoms with Crippen LogP contribution in [-0.2, 0) is 0 Å². The summed E-state index contributed by atoms with van der Waals surface area (Å²) in [4.78, 5) is 12.0. The Morgan fingerprint density at radius 2 is 1.90 bits per heavy atom. The summed E-state index contributed by atoms with van der Waals surface area (Å²) in [5.74, 6) is 0.406. The molecule has 0 heterocycles. The fourth-order valence-corrected chi connectivity index (χ4v) is 2.20. The fourth-order valence-electron chi connectivity index (χ4n) is 2.20. The zero-order chi connectivity index (χ0) is 15.2. The molecule has 0 spiro atoms. The average Bonchev–Trinajstić information content (AvgIpc) is 2.50. The van der Waals surface area contributed by atoms with E-state index in [9.17, 15) is 9.90 Å². The van der Waals surface area contributed by atoms with Crippen LogP contribution in [0.4, 0.5) is 0 Å². The first kappa shape index (κ1) is 15.1. The second-order valence-electron chi connectivity index (χ2n) is 5.36. The van der Waals surface area contributed by atoms with E-state index >= 15 is 0 Å². The molecule has 3 heteroatoms. The van der Waals surface area contributed by atoms with Crippen LogP contribution in [0.1, 0.15) is 40.7 Å². The number of rotatable bonds is 5. The van der Waals surface area contributed by atoms with E-state index in [4.69, 9.17) is 0 Å². The third-order valence-corrected chi connectivity index (χ3v) is 3.70. The Hall–Kier alpha value is -2.29. The maximum Gasteiger partial charge on any atom is 0.251 e. The predicted molar refractivity (Wildman–Crippen MR) is 84.7 cm³/mol. The van der Waals surface area contributed by atoms with Crippen LogP contribution in [0, 0.1) is 6.92 Å². The second-order valence-corrected chi connectivity index (χ2v) is 5.36. The summed E-state index contributed by atoms with van der Waals surface area (Å²) >= 11 is 0. The summed E-state index contributed by atoms with van der Waals surface area (Å²) in [7, 11) is 0. The standard InChI is InChI=1S/C18H21NO2/c1-13(15-6-4-3-5-7-15)10-11-19-18(21)16-9-8-14(2)17(20)12-16/h3-9,12-13,20H,10-11H2,1-2H3,(H,19,21). The molecule has 110 valence electrons. The number of hydrogen-bond donors (Lipinski definition) is 2. The lowest BCUT2D eigenvalue weighted by atomic mass is 9.98. The number of amides is 1. The molecular formula is C18H21NO2. The minimum absolute atomic E-state index is 0.148. The normalized spacial score (nSPS) is 11.9. The van der Waals surface area contributed by atoms with E-state index in [-0.39, 0.29) is 11.7 Å². The van der Waals surface area contributed by atoms with Gasteiger partial charge in [0.15, 0.2) is 0 Å². The van der Waals surface area contributed by atoms with Crippen molar-refractivity contribution in [2.24, 2.45) is 0 Å². The molecule has 0 saturated heterocycles. The van der Waals surface area contributed by atoms with Gasteiger partial charge in [0.05, 0.1) is 0 Å². The lowest BCUT2D eigenvalue weighted by molar-refractivity contribution is 0.0952. The van der Waals surface area contributed by atoms with Gasteiger partial charge >= 0.3 is 0 Å². The molecule has 0 aliphatic rings. The van der Waals surface area contributed by atoms with Crippen molar-refractivity contribution in [3.05, 3.63) is 65.2 Å². The zero-order valence-corrected chi connectivity index (χ0v) is 12.5. The van der Waals surface area contributed by atoms with E-state index in [0.717, 1.165) is 12.0 Å². The smallest absolute Gasteiger partial charge is 0.251 e. The first-order valence-electron chi connectivity index (χ1n) is 7.20. The van der Waals surface area contributed by atoms with Crippen molar-refractivity contribution in [3.8, 4) is 5.75 Å². The van der Waals surface area contributed by atoms with Crippen LogP contribution in [0.3, 0.4) is 0 Å². The van der Waals surface area contributed by atoms with Crippen LogP contribution in [0.15, 0.2) is 48.5 Å². The van der Waals surface area contributed by atoms with E-state index in [1.165, 1.54) is 11.6 Å². The highest BCUT2D eigenvalue weighted by Crippen LogP contribution is 2.19. The Morgan fingerprint density at radius 1 is 1.19 bits per heavy atom. The average molecular weight is 283 g/mol. The van der Waals surface area contributed by atoms with Crippen LogP contribution in [-0.4, -0.2) is 17.6 Å². The molecule has 1 unspecified atom stereocenters. The third kappa shape index (κ3) is 4.09. The minimum Gasteiger partial charge on any atom is -0.508 e. The van der Waals surface area contributed by atoms with E-state index < -0.39 is 0 Å². The second kappa shape index (κ2) is 6.93. The number of phenolic OH excluding ortho intramolecular Hbond substituents is 1. The van der Waals surface area contributed by atoms with Crippen molar-refractivity contribution in [1.82, 2.24) is 5.32 Å². The van der Waals surface area contributed by atoms with Gasteiger partial charge in [0.1, 0.15) is 5.75 Å². The van der Waals surface area contributed by atoms with E-state index in [2.05, 4.69) is 24.4 Å². The van der Waals surface area contributed by atoms with Gasteiger partial charge in [-0.15, -0.1) is 0 Å². The molecule has 1 atom stereocenters. The lowest BCUT2D eigenvalue weighted by Gasteiger charge is -2.12. The monoisotopic (exact) mass is 283 g/mol. The van der Waals surface area contributed by atoms with Crippen LogP contribution >= 0.6 is 0 Å². The van der Waals surface area contributed by atoms with E-state index in [0.29, 0.717) is 18.0 Å². The fraction of sp³-hybridized carbons (Fsp3) is 0.278. The maximum atomic E-state index is 12.0. The van der Waals surface area contributed by atoms with Gasteiger partial charge < -0.3 is 10.4 Å². The van der Waals surface area contributed by atoms with Crippen molar-refractivity contribution >= 4 is 5.91 Å². The Bertz CT molecular complexity index is 608. The van der Waals surface area contributed by atoms with Gasteiger partial charge in [-0.25, -0.2) is 0 Å². The number of phenols is 1. The van der Waals surface area contributed by atoms with Gasteiger partial charge in [-0.3, -0.25) is 4.79 Å². The van der Waals surface area contributed by atoms with Gasteiger partial charge in [0, 0.05) is 12.1 Å². The number of aromatic hydroxyl groups is 1. The molecule has 0 aliphatic heterocycles. The summed E-state index contributed by atoms with van der Waals surface area (Å²) in [6.07, 6.45) is 0.883. The molecular weight excluding hydrogens is 262 g/mol. The van der Waals surface area contributed by atoms with Gasteiger partial charge in [-0.2, -0.15) is 0 Å². The highest BCUT2D eigenvalue weighted by Gasteiger charge is 2.09. The largest absolute Gasteiger partial charge is 0.508 e. The molecule has 2 aromatic rings. The Morgan fingerprint density at radius 3 is 2.57 bits per heavy atom. The lowest BCUT2D eigenvalue weighted by Crippen LogP contribution is -2.25. The van der Waals surface area contributed by atoms with Crippen LogP contribution in [0.5, 0.6) is 5.75 Å². The van der Waals surface area contributed by atoms with Crippen molar-refractivity contribution in [2.45, 2.75) is 26.2 Å². The predicted octanol–water partition coefficient (Wildman–Crippen LogP) is 3.62. The topological polar surface area (TPSA) is 49.3 Å².